The van der Waals surface area contributed by atoms with E-state index in [-0.39, 0.29) is 0 Å². The Bertz CT molecular complexity index is 383. The van der Waals surface area contributed by atoms with Gasteiger partial charge in [-0.2, -0.15) is 11.8 Å². The molecule has 1 atom stereocenters. The molecule has 106 valence electrons. The molecule has 0 fully saturated rings. The van der Waals surface area contributed by atoms with Gasteiger partial charge in [0.2, 0.25) is 0 Å². The molecule has 0 aliphatic carbocycles. The van der Waals surface area contributed by atoms with Crippen LogP contribution in [0.4, 0.5) is 0 Å². The highest BCUT2D eigenvalue weighted by atomic mass is 32.2. The van der Waals surface area contributed by atoms with E-state index in [0.717, 1.165) is 24.5 Å². The van der Waals surface area contributed by atoms with Crippen molar-refractivity contribution >= 4 is 17.7 Å². The molecular weight excluding hydrogens is 258 g/mol. The number of carboxylic acid groups (broad SMARTS) is 1. The van der Waals surface area contributed by atoms with Crippen molar-refractivity contribution in [2.45, 2.75) is 38.0 Å². The summed E-state index contributed by atoms with van der Waals surface area (Å²) in [6.07, 6.45) is 1.58. The van der Waals surface area contributed by atoms with Crippen molar-refractivity contribution in [1.82, 2.24) is 5.32 Å². The van der Waals surface area contributed by atoms with E-state index >= 15 is 0 Å². The number of carbonyl (C=O) groups is 1. The van der Waals surface area contributed by atoms with Crippen LogP contribution in [-0.2, 0) is 10.5 Å². The van der Waals surface area contributed by atoms with Crippen LogP contribution in [-0.4, -0.2) is 28.9 Å². The first-order chi connectivity index (χ1) is 9.08. The van der Waals surface area contributed by atoms with Gasteiger partial charge in [0.1, 0.15) is 5.54 Å². The topological polar surface area (TPSA) is 49.3 Å². The highest BCUT2D eigenvalue weighted by Crippen LogP contribution is 2.18. The number of carboxylic acids is 1. The third-order valence-electron chi connectivity index (χ3n) is 3.10. The second-order valence-corrected chi connectivity index (χ2v) is 5.96. The number of nitrogens with one attached hydrogen (secondary N) is 1. The number of hydrogen-bond acceptors (Lipinski definition) is 3. The Morgan fingerprint density at radius 3 is 2.63 bits per heavy atom. The monoisotopic (exact) mass is 281 g/mol. The molecule has 0 aliphatic rings. The summed E-state index contributed by atoms with van der Waals surface area (Å²) in [7, 11) is 0. The fraction of sp³-hybridized carbons (Fsp3) is 0.533. The average molecular weight is 281 g/mol. The van der Waals surface area contributed by atoms with Crippen LogP contribution in [0.1, 0.15) is 32.3 Å². The van der Waals surface area contributed by atoms with Crippen LogP contribution in [0.5, 0.6) is 0 Å². The Morgan fingerprint density at radius 2 is 2.05 bits per heavy atom. The summed E-state index contributed by atoms with van der Waals surface area (Å²) in [6, 6.07) is 10.3. The molecule has 0 aromatic heterocycles. The molecule has 0 radical (unpaired) electrons. The Morgan fingerprint density at radius 1 is 1.37 bits per heavy atom. The van der Waals surface area contributed by atoms with Gasteiger partial charge in [0.05, 0.1) is 0 Å². The SMILES string of the molecule is CCCNC(C)(CCSCc1ccccc1)C(=O)O. The number of benzene rings is 1. The van der Waals surface area contributed by atoms with E-state index in [0.29, 0.717) is 6.42 Å². The first-order valence-electron chi connectivity index (χ1n) is 6.68. The van der Waals surface area contributed by atoms with E-state index in [1.54, 1.807) is 18.7 Å². The van der Waals surface area contributed by atoms with Crippen LogP contribution < -0.4 is 5.32 Å². The van der Waals surface area contributed by atoms with Crippen LogP contribution >= 0.6 is 11.8 Å². The average Bonchev–Trinajstić information content (AvgIpc) is 2.42. The summed E-state index contributed by atoms with van der Waals surface area (Å²) in [5, 5.41) is 12.4. The standard InChI is InChI=1S/C15H23NO2S/c1-3-10-16-15(2,14(17)18)9-11-19-12-13-7-5-4-6-8-13/h4-8,16H,3,9-12H2,1-2H3,(H,17,18). The van der Waals surface area contributed by atoms with E-state index in [9.17, 15) is 9.90 Å². The molecule has 3 nitrogen and oxygen atoms in total. The first kappa shape index (κ1) is 16.1. The predicted octanol–water partition coefficient (Wildman–Crippen LogP) is 3.15. The van der Waals surface area contributed by atoms with Crippen LogP contribution in [0.15, 0.2) is 30.3 Å². The molecule has 19 heavy (non-hydrogen) atoms. The van der Waals surface area contributed by atoms with Crippen molar-refractivity contribution in [3.8, 4) is 0 Å². The van der Waals surface area contributed by atoms with Gasteiger partial charge < -0.3 is 10.4 Å². The number of aliphatic carboxylic acids is 1. The Balaban J connectivity index is 2.34. The maximum atomic E-state index is 11.3. The van der Waals surface area contributed by atoms with E-state index < -0.39 is 11.5 Å². The molecule has 2 N–H and O–H groups in total. The summed E-state index contributed by atoms with van der Waals surface area (Å²) in [6.45, 7) is 4.56. The predicted molar refractivity (Wildman–Crippen MR) is 81.6 cm³/mol. The van der Waals surface area contributed by atoms with Gasteiger partial charge >= 0.3 is 5.97 Å². The lowest BCUT2D eigenvalue weighted by atomic mass is 9.99. The van der Waals surface area contributed by atoms with Crippen molar-refractivity contribution in [2.75, 3.05) is 12.3 Å². The fourth-order valence-corrected chi connectivity index (χ4v) is 2.84. The summed E-state index contributed by atoms with van der Waals surface area (Å²) in [5.74, 6) is 1.01. The third kappa shape index (κ3) is 5.66. The molecule has 0 spiro atoms. The Labute approximate surface area is 119 Å². The summed E-state index contributed by atoms with van der Waals surface area (Å²) >= 11 is 1.78. The molecule has 0 bridgehead atoms. The van der Waals surface area contributed by atoms with Gasteiger partial charge in [-0.1, -0.05) is 37.3 Å². The molecule has 0 saturated heterocycles. The van der Waals surface area contributed by atoms with Crippen molar-refractivity contribution in [3.05, 3.63) is 35.9 Å². The summed E-state index contributed by atoms with van der Waals surface area (Å²) < 4.78 is 0. The van der Waals surface area contributed by atoms with Gasteiger partial charge in [-0.25, -0.2) is 0 Å². The van der Waals surface area contributed by atoms with Crippen LogP contribution in [0.25, 0.3) is 0 Å². The van der Waals surface area contributed by atoms with E-state index in [1.165, 1.54) is 5.56 Å². The van der Waals surface area contributed by atoms with Gasteiger partial charge in [-0.3, -0.25) is 4.79 Å². The lowest BCUT2D eigenvalue weighted by Crippen LogP contribution is -2.50. The molecule has 1 unspecified atom stereocenters. The molecule has 0 heterocycles. The van der Waals surface area contributed by atoms with Crippen molar-refractivity contribution < 1.29 is 9.90 Å². The zero-order valence-electron chi connectivity index (χ0n) is 11.7. The maximum absolute atomic E-state index is 11.3. The minimum atomic E-state index is -0.806. The van der Waals surface area contributed by atoms with E-state index in [1.807, 2.05) is 25.1 Å². The van der Waals surface area contributed by atoms with Gasteiger partial charge in [0.15, 0.2) is 0 Å². The van der Waals surface area contributed by atoms with Gasteiger partial charge in [0, 0.05) is 5.75 Å². The summed E-state index contributed by atoms with van der Waals surface area (Å²) in [4.78, 5) is 11.3. The fourth-order valence-electron chi connectivity index (χ4n) is 1.71. The van der Waals surface area contributed by atoms with Gasteiger partial charge in [-0.05, 0) is 37.6 Å². The third-order valence-corrected chi connectivity index (χ3v) is 4.13. The lowest BCUT2D eigenvalue weighted by molar-refractivity contribution is -0.144. The number of hydrogen-bond donors (Lipinski definition) is 2. The minimum absolute atomic E-state index is 0.639. The zero-order valence-corrected chi connectivity index (χ0v) is 12.5. The quantitative estimate of drug-likeness (QED) is 0.683. The van der Waals surface area contributed by atoms with Crippen molar-refractivity contribution in [1.29, 1.82) is 0 Å². The molecule has 1 aromatic rings. The van der Waals surface area contributed by atoms with Gasteiger partial charge in [-0.15, -0.1) is 0 Å². The highest BCUT2D eigenvalue weighted by molar-refractivity contribution is 7.98. The van der Waals surface area contributed by atoms with Crippen LogP contribution in [0.2, 0.25) is 0 Å². The summed E-state index contributed by atoms with van der Waals surface area (Å²) in [5.41, 5.74) is 0.478. The molecular formula is C15H23NO2S. The maximum Gasteiger partial charge on any atom is 0.323 e. The Kier molecular flexibility index (Phi) is 6.95. The lowest BCUT2D eigenvalue weighted by Gasteiger charge is -2.26. The second kappa shape index (κ2) is 8.23. The minimum Gasteiger partial charge on any atom is -0.480 e. The molecule has 1 aromatic carbocycles. The Hall–Kier alpha value is -1.00. The molecule has 0 amide bonds. The van der Waals surface area contributed by atoms with Crippen molar-refractivity contribution in [2.24, 2.45) is 0 Å². The first-order valence-corrected chi connectivity index (χ1v) is 7.84. The van der Waals surface area contributed by atoms with Gasteiger partial charge in [0.25, 0.3) is 0 Å². The smallest absolute Gasteiger partial charge is 0.323 e. The number of rotatable bonds is 9. The van der Waals surface area contributed by atoms with Crippen molar-refractivity contribution in [3.63, 3.8) is 0 Å². The largest absolute Gasteiger partial charge is 0.480 e. The second-order valence-electron chi connectivity index (χ2n) is 4.85. The zero-order chi connectivity index (χ0) is 14.1. The normalized spacial score (nSPS) is 14.0. The molecule has 0 aliphatic heterocycles. The molecule has 0 saturated carbocycles. The molecule has 1 rings (SSSR count). The highest BCUT2D eigenvalue weighted by Gasteiger charge is 2.31. The number of thioether (sulfide) groups is 1. The molecule has 4 heteroatoms. The van der Waals surface area contributed by atoms with Crippen LogP contribution in [0, 0.1) is 0 Å². The van der Waals surface area contributed by atoms with Crippen LogP contribution in [0.3, 0.4) is 0 Å². The van der Waals surface area contributed by atoms with E-state index in [2.05, 4.69) is 17.4 Å². The van der Waals surface area contributed by atoms with E-state index in [4.69, 9.17) is 0 Å².